The monoisotopic (exact) mass is 219 g/mol. The highest BCUT2D eigenvalue weighted by Gasteiger charge is 2.29. The Hall–Kier alpha value is -1.46. The van der Waals surface area contributed by atoms with Crippen LogP contribution in [0.2, 0.25) is 0 Å². The summed E-state index contributed by atoms with van der Waals surface area (Å²) in [5.41, 5.74) is 5.86. The highest BCUT2D eigenvalue weighted by atomic mass is 19.4. The van der Waals surface area contributed by atoms with E-state index in [1.165, 1.54) is 13.1 Å². The van der Waals surface area contributed by atoms with Crippen molar-refractivity contribution >= 4 is 11.5 Å². The van der Waals surface area contributed by atoms with Crippen LogP contribution < -0.4 is 11.1 Å². The number of alkyl halides is 3. The lowest BCUT2D eigenvalue weighted by Crippen LogP contribution is -2.24. The summed E-state index contributed by atoms with van der Waals surface area (Å²) in [7, 11) is 0. The summed E-state index contributed by atoms with van der Waals surface area (Å²) < 4.78 is 36.0. The zero-order chi connectivity index (χ0) is 11.5. The van der Waals surface area contributed by atoms with Gasteiger partial charge < -0.3 is 11.1 Å². The lowest BCUT2D eigenvalue weighted by Gasteiger charge is -2.16. The van der Waals surface area contributed by atoms with Crippen molar-refractivity contribution in [3.05, 3.63) is 18.3 Å². The van der Waals surface area contributed by atoms with E-state index in [0.717, 1.165) is 0 Å². The first kappa shape index (κ1) is 11.6. The molecule has 1 rings (SSSR count). The Labute approximate surface area is 85.5 Å². The number of nitrogens with one attached hydrogen (secondary N) is 1. The van der Waals surface area contributed by atoms with Crippen molar-refractivity contribution in [1.82, 2.24) is 4.98 Å². The number of rotatable bonds is 3. The summed E-state index contributed by atoms with van der Waals surface area (Å²) in [5.74, 6) is 0.390. The molecule has 0 aliphatic carbocycles. The third kappa shape index (κ3) is 4.53. The molecule has 0 saturated heterocycles. The summed E-state index contributed by atoms with van der Waals surface area (Å²) in [6.07, 6.45) is -3.66. The maximum atomic E-state index is 12.0. The van der Waals surface area contributed by atoms with E-state index >= 15 is 0 Å². The van der Waals surface area contributed by atoms with Gasteiger partial charge >= 0.3 is 6.18 Å². The van der Waals surface area contributed by atoms with Crippen LogP contribution in [0.4, 0.5) is 24.7 Å². The Kier molecular flexibility index (Phi) is 3.39. The predicted octanol–water partition coefficient (Wildman–Crippen LogP) is 2.42. The minimum absolute atomic E-state index is 0.390. The third-order valence-electron chi connectivity index (χ3n) is 1.72. The quantitative estimate of drug-likeness (QED) is 0.820. The number of nitrogens with two attached hydrogens (primary N) is 1. The fourth-order valence-electron chi connectivity index (χ4n) is 1.14. The lowest BCUT2D eigenvalue weighted by molar-refractivity contribution is -0.136. The molecule has 0 spiro atoms. The van der Waals surface area contributed by atoms with Crippen LogP contribution in [0.1, 0.15) is 13.3 Å². The van der Waals surface area contributed by atoms with Crippen molar-refractivity contribution in [3.63, 3.8) is 0 Å². The molecule has 0 fully saturated rings. The molecule has 0 radical (unpaired) electrons. The van der Waals surface area contributed by atoms with Crippen LogP contribution in [0.25, 0.3) is 0 Å². The fraction of sp³-hybridized carbons (Fsp3) is 0.444. The Morgan fingerprint density at radius 2 is 2.13 bits per heavy atom. The van der Waals surface area contributed by atoms with E-state index in [0.29, 0.717) is 11.5 Å². The van der Waals surface area contributed by atoms with Gasteiger partial charge in [-0.05, 0) is 19.1 Å². The average molecular weight is 219 g/mol. The molecular formula is C9H12F3N3. The zero-order valence-corrected chi connectivity index (χ0v) is 8.17. The second-order valence-corrected chi connectivity index (χ2v) is 3.34. The third-order valence-corrected chi connectivity index (χ3v) is 1.72. The molecule has 6 heteroatoms. The van der Waals surface area contributed by atoms with Crippen molar-refractivity contribution in [2.24, 2.45) is 0 Å². The van der Waals surface area contributed by atoms with E-state index in [1.807, 2.05) is 0 Å². The van der Waals surface area contributed by atoms with Gasteiger partial charge in [0.15, 0.2) is 0 Å². The highest BCUT2D eigenvalue weighted by Crippen LogP contribution is 2.22. The number of pyridine rings is 1. The van der Waals surface area contributed by atoms with Crippen LogP contribution >= 0.6 is 0 Å². The van der Waals surface area contributed by atoms with E-state index in [9.17, 15) is 13.2 Å². The summed E-state index contributed by atoms with van der Waals surface area (Å²) in [5, 5.41) is 2.64. The molecule has 0 aliphatic heterocycles. The van der Waals surface area contributed by atoms with Gasteiger partial charge in [-0.25, -0.2) is 4.98 Å². The topological polar surface area (TPSA) is 50.9 Å². The molecule has 1 atom stereocenters. The maximum absolute atomic E-state index is 12.0. The minimum atomic E-state index is -4.17. The summed E-state index contributed by atoms with van der Waals surface area (Å²) in [4.78, 5) is 3.84. The van der Waals surface area contributed by atoms with E-state index in [-0.39, 0.29) is 0 Å². The Bertz CT molecular complexity index is 307. The van der Waals surface area contributed by atoms with Gasteiger partial charge in [0.05, 0.1) is 18.3 Å². The number of halogens is 3. The first-order valence-corrected chi connectivity index (χ1v) is 4.41. The van der Waals surface area contributed by atoms with Gasteiger partial charge in [0.2, 0.25) is 0 Å². The van der Waals surface area contributed by atoms with Crippen molar-refractivity contribution in [2.45, 2.75) is 25.6 Å². The fourth-order valence-corrected chi connectivity index (χ4v) is 1.14. The number of hydrogen-bond acceptors (Lipinski definition) is 3. The Morgan fingerprint density at radius 3 is 2.60 bits per heavy atom. The van der Waals surface area contributed by atoms with Gasteiger partial charge in [-0.1, -0.05) is 0 Å². The van der Waals surface area contributed by atoms with Gasteiger partial charge in [-0.15, -0.1) is 0 Å². The molecule has 0 aliphatic rings. The number of hydrogen-bond donors (Lipinski definition) is 2. The van der Waals surface area contributed by atoms with Crippen LogP contribution in [0, 0.1) is 0 Å². The molecule has 1 heterocycles. The summed E-state index contributed by atoms with van der Waals surface area (Å²) in [6.45, 7) is 1.45. The lowest BCUT2D eigenvalue weighted by atomic mass is 10.2. The number of nitrogen functional groups attached to an aromatic ring is 1. The van der Waals surface area contributed by atoms with E-state index in [2.05, 4.69) is 10.3 Å². The molecule has 0 saturated carbocycles. The number of anilines is 2. The molecule has 0 bridgehead atoms. The van der Waals surface area contributed by atoms with Crippen LogP contribution in [0.3, 0.4) is 0 Å². The maximum Gasteiger partial charge on any atom is 0.391 e. The Morgan fingerprint density at radius 1 is 1.47 bits per heavy atom. The molecule has 15 heavy (non-hydrogen) atoms. The normalized spacial score (nSPS) is 13.6. The second kappa shape index (κ2) is 4.37. The van der Waals surface area contributed by atoms with E-state index in [1.54, 1.807) is 12.1 Å². The largest absolute Gasteiger partial charge is 0.397 e. The van der Waals surface area contributed by atoms with Crippen molar-refractivity contribution < 1.29 is 13.2 Å². The molecule has 1 aromatic heterocycles. The van der Waals surface area contributed by atoms with E-state index < -0.39 is 18.6 Å². The van der Waals surface area contributed by atoms with Crippen molar-refractivity contribution in [2.75, 3.05) is 11.1 Å². The minimum Gasteiger partial charge on any atom is -0.397 e. The zero-order valence-electron chi connectivity index (χ0n) is 8.17. The molecule has 3 N–H and O–H groups in total. The first-order valence-electron chi connectivity index (χ1n) is 4.41. The molecular weight excluding hydrogens is 207 g/mol. The highest BCUT2D eigenvalue weighted by molar-refractivity contribution is 5.44. The predicted molar refractivity (Wildman–Crippen MR) is 52.4 cm³/mol. The van der Waals surface area contributed by atoms with Gasteiger partial charge in [-0.3, -0.25) is 0 Å². The van der Waals surface area contributed by atoms with Gasteiger partial charge in [0, 0.05) is 6.04 Å². The SMILES string of the molecule is CC(CC(F)(F)F)Nc1ccc(N)cn1. The second-order valence-electron chi connectivity index (χ2n) is 3.34. The van der Waals surface area contributed by atoms with Gasteiger partial charge in [0.1, 0.15) is 5.82 Å². The molecule has 0 amide bonds. The average Bonchev–Trinajstić information content (AvgIpc) is 2.05. The summed E-state index contributed by atoms with van der Waals surface area (Å²) >= 11 is 0. The number of aromatic nitrogens is 1. The van der Waals surface area contributed by atoms with Crippen LogP contribution in [-0.4, -0.2) is 17.2 Å². The van der Waals surface area contributed by atoms with Gasteiger partial charge in [-0.2, -0.15) is 13.2 Å². The van der Waals surface area contributed by atoms with Crippen LogP contribution in [0.15, 0.2) is 18.3 Å². The smallest absolute Gasteiger partial charge is 0.391 e. The van der Waals surface area contributed by atoms with Crippen LogP contribution in [0.5, 0.6) is 0 Å². The molecule has 0 aromatic carbocycles. The number of nitrogens with zero attached hydrogens (tertiary/aromatic N) is 1. The standard InChI is InChI=1S/C9H12F3N3/c1-6(4-9(10,11)12)15-8-3-2-7(13)5-14-8/h2-3,5-6H,4,13H2,1H3,(H,14,15). The van der Waals surface area contributed by atoms with Crippen LogP contribution in [-0.2, 0) is 0 Å². The summed E-state index contributed by atoms with van der Waals surface area (Å²) in [6, 6.07) is 2.42. The molecule has 84 valence electrons. The Balaban J connectivity index is 2.51. The molecule has 1 aromatic rings. The first-order chi connectivity index (χ1) is 6.87. The van der Waals surface area contributed by atoms with Gasteiger partial charge in [0.25, 0.3) is 0 Å². The molecule has 3 nitrogen and oxygen atoms in total. The van der Waals surface area contributed by atoms with Crippen molar-refractivity contribution in [3.8, 4) is 0 Å². The van der Waals surface area contributed by atoms with Crippen molar-refractivity contribution in [1.29, 1.82) is 0 Å². The van der Waals surface area contributed by atoms with E-state index in [4.69, 9.17) is 5.73 Å². The molecule has 1 unspecified atom stereocenters.